The van der Waals surface area contributed by atoms with Crippen LogP contribution in [-0.4, -0.2) is 46.9 Å². The minimum absolute atomic E-state index is 0.144. The van der Waals surface area contributed by atoms with Gasteiger partial charge >= 0.3 is 0 Å². The number of pyridine rings is 1. The summed E-state index contributed by atoms with van der Waals surface area (Å²) in [6.07, 6.45) is 7.70. The van der Waals surface area contributed by atoms with Gasteiger partial charge in [-0.25, -0.2) is 4.98 Å². The Morgan fingerprint density at radius 3 is 2.48 bits per heavy atom. The van der Waals surface area contributed by atoms with Crippen LogP contribution in [-0.2, 0) is 0 Å². The molecule has 5 heteroatoms. The standard InChI is InChI=1S/C16H22N4O.2C2H6/c1-12-9-15-18-5-8-20(15)11-14(12)16(21)19-6-3-13(4-7-19)10-17-2;2*1-2/h5,8-9,11,13,17H,3-4,6-7,10H2,1-2H3;2*1-2H3. The highest BCUT2D eigenvalue weighted by atomic mass is 16.2. The molecule has 1 amide bonds. The van der Waals surface area contributed by atoms with Crippen LogP contribution in [0, 0.1) is 12.8 Å². The van der Waals surface area contributed by atoms with Crippen molar-refractivity contribution in [1.82, 2.24) is 19.6 Å². The van der Waals surface area contributed by atoms with Crippen molar-refractivity contribution in [3.05, 3.63) is 35.8 Å². The molecule has 0 unspecified atom stereocenters. The number of carbonyl (C=O) groups excluding carboxylic acids is 1. The van der Waals surface area contributed by atoms with Gasteiger partial charge in [0.25, 0.3) is 5.91 Å². The lowest BCUT2D eigenvalue weighted by atomic mass is 9.96. The molecule has 25 heavy (non-hydrogen) atoms. The lowest BCUT2D eigenvalue weighted by Crippen LogP contribution is -2.40. The summed E-state index contributed by atoms with van der Waals surface area (Å²) in [6, 6.07) is 1.97. The molecule has 0 atom stereocenters. The van der Waals surface area contributed by atoms with E-state index in [0.717, 1.165) is 49.2 Å². The summed E-state index contributed by atoms with van der Waals surface area (Å²) in [5.74, 6) is 0.835. The van der Waals surface area contributed by atoms with Crippen molar-refractivity contribution < 1.29 is 4.79 Å². The highest BCUT2D eigenvalue weighted by Crippen LogP contribution is 2.20. The maximum atomic E-state index is 12.7. The number of hydrogen-bond acceptors (Lipinski definition) is 3. The van der Waals surface area contributed by atoms with E-state index in [4.69, 9.17) is 0 Å². The number of imidazole rings is 1. The van der Waals surface area contributed by atoms with Crippen molar-refractivity contribution in [1.29, 1.82) is 0 Å². The fourth-order valence-corrected chi connectivity index (χ4v) is 3.08. The second-order valence-corrected chi connectivity index (χ2v) is 5.86. The molecule has 1 saturated heterocycles. The number of aryl methyl sites for hydroxylation is 1. The van der Waals surface area contributed by atoms with Gasteiger partial charge in [-0.15, -0.1) is 0 Å². The zero-order chi connectivity index (χ0) is 18.8. The van der Waals surface area contributed by atoms with E-state index in [1.807, 2.05) is 69.4 Å². The van der Waals surface area contributed by atoms with Crippen molar-refractivity contribution in [2.24, 2.45) is 5.92 Å². The van der Waals surface area contributed by atoms with Crippen molar-refractivity contribution >= 4 is 11.6 Å². The van der Waals surface area contributed by atoms with E-state index >= 15 is 0 Å². The molecule has 1 N–H and O–H groups in total. The van der Waals surface area contributed by atoms with Crippen LogP contribution in [0.15, 0.2) is 24.7 Å². The molecule has 140 valence electrons. The normalized spacial score (nSPS) is 14.4. The number of fused-ring (bicyclic) bond motifs is 1. The first kappa shape index (κ1) is 21.2. The third-order valence-corrected chi connectivity index (χ3v) is 4.36. The zero-order valence-electron chi connectivity index (χ0n) is 16.7. The lowest BCUT2D eigenvalue weighted by molar-refractivity contribution is 0.0689. The molecule has 1 aliphatic rings. The molecule has 1 aliphatic heterocycles. The van der Waals surface area contributed by atoms with Crippen LogP contribution in [0.2, 0.25) is 0 Å². The smallest absolute Gasteiger partial charge is 0.255 e. The summed E-state index contributed by atoms with van der Waals surface area (Å²) in [5.41, 5.74) is 2.67. The lowest BCUT2D eigenvalue weighted by Gasteiger charge is -2.32. The topological polar surface area (TPSA) is 49.6 Å². The Balaban J connectivity index is 0.000000730. The van der Waals surface area contributed by atoms with E-state index < -0.39 is 0 Å². The number of aromatic nitrogens is 2. The quantitative estimate of drug-likeness (QED) is 0.920. The Labute approximate surface area is 152 Å². The summed E-state index contributed by atoms with van der Waals surface area (Å²) < 4.78 is 1.91. The summed E-state index contributed by atoms with van der Waals surface area (Å²) in [7, 11) is 1.99. The summed E-state index contributed by atoms with van der Waals surface area (Å²) in [6.45, 7) is 12.7. The van der Waals surface area contributed by atoms with Gasteiger partial charge in [0, 0.05) is 31.7 Å². The molecule has 0 bridgehead atoms. The van der Waals surface area contributed by atoms with Crippen molar-refractivity contribution in [2.45, 2.75) is 47.5 Å². The number of nitrogens with zero attached hydrogens (tertiary/aromatic N) is 3. The van der Waals surface area contributed by atoms with E-state index in [1.54, 1.807) is 6.20 Å². The number of hydrogen-bond donors (Lipinski definition) is 1. The maximum Gasteiger partial charge on any atom is 0.255 e. The summed E-state index contributed by atoms with van der Waals surface area (Å²) in [4.78, 5) is 19.0. The van der Waals surface area contributed by atoms with E-state index in [1.165, 1.54) is 0 Å². The molecule has 1 fully saturated rings. The van der Waals surface area contributed by atoms with Gasteiger partial charge in [-0.3, -0.25) is 4.79 Å². The summed E-state index contributed by atoms with van der Waals surface area (Å²) in [5, 5.41) is 3.23. The second kappa shape index (κ2) is 10.9. The van der Waals surface area contributed by atoms with Crippen molar-refractivity contribution in [2.75, 3.05) is 26.7 Å². The van der Waals surface area contributed by atoms with E-state index in [2.05, 4.69) is 10.3 Å². The predicted molar refractivity (Wildman–Crippen MR) is 105 cm³/mol. The van der Waals surface area contributed by atoms with Gasteiger partial charge in [-0.2, -0.15) is 0 Å². The first-order chi connectivity index (χ1) is 12.2. The highest BCUT2D eigenvalue weighted by Gasteiger charge is 2.24. The predicted octanol–water partition coefficient (Wildman–Crippen LogP) is 3.77. The first-order valence-corrected chi connectivity index (χ1v) is 9.56. The third-order valence-electron chi connectivity index (χ3n) is 4.36. The van der Waals surface area contributed by atoms with Gasteiger partial charge in [0.05, 0.1) is 5.56 Å². The minimum atomic E-state index is 0.144. The number of nitrogens with one attached hydrogen (secondary N) is 1. The fourth-order valence-electron chi connectivity index (χ4n) is 3.08. The average Bonchev–Trinajstić information content (AvgIpc) is 3.12. The molecule has 0 radical (unpaired) electrons. The van der Waals surface area contributed by atoms with E-state index in [-0.39, 0.29) is 5.91 Å². The summed E-state index contributed by atoms with van der Waals surface area (Å²) >= 11 is 0. The molecular formula is C20H34N4O. The van der Waals surface area contributed by atoms with Crippen molar-refractivity contribution in [3.8, 4) is 0 Å². The zero-order valence-corrected chi connectivity index (χ0v) is 16.7. The largest absolute Gasteiger partial charge is 0.339 e. The van der Waals surface area contributed by atoms with Gasteiger partial charge in [0.2, 0.25) is 0 Å². The van der Waals surface area contributed by atoms with Crippen LogP contribution in [0.5, 0.6) is 0 Å². The molecule has 5 nitrogen and oxygen atoms in total. The van der Waals surface area contributed by atoms with Crippen LogP contribution in [0.25, 0.3) is 5.65 Å². The van der Waals surface area contributed by atoms with Crippen LogP contribution in [0.4, 0.5) is 0 Å². The molecule has 2 aromatic heterocycles. The molecule has 0 spiro atoms. The van der Waals surface area contributed by atoms with Crippen LogP contribution in [0.1, 0.15) is 56.5 Å². The molecule has 3 heterocycles. The average molecular weight is 347 g/mol. The Morgan fingerprint density at radius 2 is 1.88 bits per heavy atom. The third kappa shape index (κ3) is 5.30. The first-order valence-electron chi connectivity index (χ1n) is 9.56. The number of amides is 1. The van der Waals surface area contributed by atoms with E-state index in [9.17, 15) is 4.79 Å². The molecule has 0 aliphatic carbocycles. The number of carbonyl (C=O) groups is 1. The van der Waals surface area contributed by atoms with Gasteiger partial charge in [-0.1, -0.05) is 27.7 Å². The molecule has 3 rings (SSSR count). The van der Waals surface area contributed by atoms with Crippen LogP contribution in [0.3, 0.4) is 0 Å². The molecular weight excluding hydrogens is 312 g/mol. The SMILES string of the molecule is CC.CC.CNCC1CCN(C(=O)c2cn3ccnc3cc2C)CC1. The highest BCUT2D eigenvalue weighted by molar-refractivity contribution is 5.95. The Kier molecular flexibility index (Phi) is 9.21. The minimum Gasteiger partial charge on any atom is -0.339 e. The number of piperidine rings is 1. The van der Waals surface area contributed by atoms with Gasteiger partial charge in [-0.05, 0) is 50.9 Å². The number of likely N-dealkylation sites (tertiary alicyclic amines) is 1. The Morgan fingerprint density at radius 1 is 1.24 bits per heavy atom. The fraction of sp³-hybridized carbons (Fsp3) is 0.600. The maximum absolute atomic E-state index is 12.7. The number of rotatable bonds is 3. The van der Waals surface area contributed by atoms with Crippen LogP contribution >= 0.6 is 0 Å². The molecule has 0 aromatic carbocycles. The van der Waals surface area contributed by atoms with Gasteiger partial charge in [0.15, 0.2) is 0 Å². The Hall–Kier alpha value is -1.88. The monoisotopic (exact) mass is 346 g/mol. The van der Waals surface area contributed by atoms with Crippen molar-refractivity contribution in [3.63, 3.8) is 0 Å². The van der Waals surface area contributed by atoms with Gasteiger partial charge < -0.3 is 14.6 Å². The second-order valence-electron chi connectivity index (χ2n) is 5.86. The Bertz CT molecular complexity index is 642. The molecule has 0 saturated carbocycles. The van der Waals surface area contributed by atoms with Gasteiger partial charge in [0.1, 0.15) is 5.65 Å². The van der Waals surface area contributed by atoms with E-state index in [0.29, 0.717) is 5.92 Å². The van der Waals surface area contributed by atoms with Crippen LogP contribution < -0.4 is 5.32 Å². The molecule has 2 aromatic rings.